The lowest BCUT2D eigenvalue weighted by Crippen LogP contribution is -2.29. The van der Waals surface area contributed by atoms with Crippen molar-refractivity contribution in [3.05, 3.63) is 246 Å². The van der Waals surface area contributed by atoms with Gasteiger partial charge in [-0.15, -0.1) is 0 Å². The standard InChI is InChI=1S/C58H41NO/c1-57(2)48-26-13-11-25-46(48)55-51(57)29-17-30-53(55)59(41-34-32-39(33-35-41)38-18-5-3-6-19-38)42-36-47-45-24-12-16-31-54(45)60-56(47)52(37-42)58(40-20-7-4-8-21-40)49-27-14-9-22-43(49)44-23-10-15-28-50(44)58/h3-37H,1-2H3. The van der Waals surface area contributed by atoms with E-state index < -0.39 is 5.41 Å². The topological polar surface area (TPSA) is 16.4 Å². The van der Waals surface area contributed by atoms with Gasteiger partial charge in [0.25, 0.3) is 0 Å². The third-order valence-corrected chi connectivity index (χ3v) is 13.3. The summed E-state index contributed by atoms with van der Waals surface area (Å²) in [5.74, 6) is 0. The molecule has 9 aromatic carbocycles. The number of hydrogen-bond acceptors (Lipinski definition) is 2. The van der Waals surface area contributed by atoms with Crippen molar-refractivity contribution >= 4 is 39.0 Å². The molecule has 0 amide bonds. The molecule has 1 heterocycles. The first-order valence-electron chi connectivity index (χ1n) is 20.9. The van der Waals surface area contributed by atoms with E-state index in [-0.39, 0.29) is 5.41 Å². The van der Waals surface area contributed by atoms with Gasteiger partial charge >= 0.3 is 0 Å². The van der Waals surface area contributed by atoms with Crippen LogP contribution in [0.2, 0.25) is 0 Å². The predicted molar refractivity (Wildman–Crippen MR) is 249 cm³/mol. The summed E-state index contributed by atoms with van der Waals surface area (Å²) in [6.07, 6.45) is 0. The van der Waals surface area contributed by atoms with Crippen LogP contribution >= 0.6 is 0 Å². The maximum Gasteiger partial charge on any atom is 0.140 e. The Balaban J connectivity index is 1.22. The molecule has 2 heteroatoms. The van der Waals surface area contributed by atoms with E-state index in [1.54, 1.807) is 0 Å². The largest absolute Gasteiger partial charge is 0.456 e. The van der Waals surface area contributed by atoms with Crippen molar-refractivity contribution in [3.8, 4) is 33.4 Å². The summed E-state index contributed by atoms with van der Waals surface area (Å²) in [5, 5.41) is 2.19. The molecule has 10 aromatic rings. The van der Waals surface area contributed by atoms with Gasteiger partial charge in [0.05, 0.1) is 11.1 Å². The van der Waals surface area contributed by atoms with Crippen LogP contribution in [0.5, 0.6) is 0 Å². The number of para-hydroxylation sites is 1. The maximum atomic E-state index is 7.11. The SMILES string of the molecule is CC1(C)c2ccccc2-c2c(N(c3ccc(-c4ccccc4)cc3)c3cc(C4(c5ccccc5)c5ccccc5-c5ccccc54)c4oc5ccccc5c4c3)cccc21. The number of rotatable bonds is 6. The Kier molecular flexibility index (Phi) is 7.52. The Labute approximate surface area is 350 Å². The van der Waals surface area contributed by atoms with Crippen molar-refractivity contribution in [3.63, 3.8) is 0 Å². The van der Waals surface area contributed by atoms with Crippen LogP contribution in [-0.4, -0.2) is 0 Å². The lowest BCUT2D eigenvalue weighted by molar-refractivity contribution is 0.648. The van der Waals surface area contributed by atoms with Gasteiger partial charge in [-0.05, 0) is 92.0 Å². The minimum Gasteiger partial charge on any atom is -0.456 e. The molecule has 0 radical (unpaired) electrons. The quantitative estimate of drug-likeness (QED) is 0.168. The molecule has 0 aliphatic heterocycles. The molecular weight excluding hydrogens is 727 g/mol. The lowest BCUT2D eigenvalue weighted by Gasteiger charge is -2.35. The van der Waals surface area contributed by atoms with Crippen LogP contribution in [0, 0.1) is 0 Å². The van der Waals surface area contributed by atoms with Crippen molar-refractivity contribution in [1.82, 2.24) is 0 Å². The molecule has 0 saturated heterocycles. The smallest absolute Gasteiger partial charge is 0.140 e. The fourth-order valence-electron chi connectivity index (χ4n) is 10.7. The van der Waals surface area contributed by atoms with Gasteiger partial charge in [-0.25, -0.2) is 0 Å². The van der Waals surface area contributed by atoms with E-state index in [2.05, 4.69) is 231 Å². The molecule has 0 N–H and O–H groups in total. The van der Waals surface area contributed by atoms with Crippen LogP contribution < -0.4 is 4.90 Å². The van der Waals surface area contributed by atoms with E-state index in [1.807, 2.05) is 0 Å². The van der Waals surface area contributed by atoms with Crippen LogP contribution in [-0.2, 0) is 10.8 Å². The molecule has 2 nitrogen and oxygen atoms in total. The Morgan fingerprint density at radius 2 is 0.967 bits per heavy atom. The number of benzene rings is 9. The highest BCUT2D eigenvalue weighted by Crippen LogP contribution is 2.60. The van der Waals surface area contributed by atoms with E-state index in [9.17, 15) is 0 Å². The van der Waals surface area contributed by atoms with Gasteiger partial charge in [-0.2, -0.15) is 0 Å². The van der Waals surface area contributed by atoms with Crippen LogP contribution in [0.25, 0.3) is 55.3 Å². The zero-order valence-electron chi connectivity index (χ0n) is 33.6. The Morgan fingerprint density at radius 3 is 1.68 bits per heavy atom. The average Bonchev–Trinajstić information content (AvgIpc) is 3.91. The van der Waals surface area contributed by atoms with Crippen LogP contribution in [0.15, 0.2) is 217 Å². The van der Waals surface area contributed by atoms with Gasteiger partial charge in [0.2, 0.25) is 0 Å². The van der Waals surface area contributed by atoms with Gasteiger partial charge in [0.1, 0.15) is 11.2 Å². The summed E-state index contributed by atoms with van der Waals surface area (Å²) >= 11 is 0. The second-order valence-corrected chi connectivity index (χ2v) is 16.8. The van der Waals surface area contributed by atoms with Crippen molar-refractivity contribution in [2.75, 3.05) is 4.90 Å². The molecule has 0 bridgehead atoms. The van der Waals surface area contributed by atoms with E-state index in [1.165, 1.54) is 61.2 Å². The molecule has 0 spiro atoms. The number of anilines is 3. The van der Waals surface area contributed by atoms with Gasteiger partial charge in [0.15, 0.2) is 0 Å². The van der Waals surface area contributed by atoms with Gasteiger partial charge in [-0.1, -0.05) is 190 Å². The van der Waals surface area contributed by atoms with E-state index in [4.69, 9.17) is 4.42 Å². The highest BCUT2D eigenvalue weighted by Gasteiger charge is 2.48. The maximum absolute atomic E-state index is 7.11. The summed E-state index contributed by atoms with van der Waals surface area (Å²) in [6.45, 7) is 4.72. The summed E-state index contributed by atoms with van der Waals surface area (Å²) in [6, 6.07) is 77.9. The third-order valence-electron chi connectivity index (χ3n) is 13.3. The molecule has 0 saturated carbocycles. The van der Waals surface area contributed by atoms with E-state index in [0.29, 0.717) is 0 Å². The minimum absolute atomic E-state index is 0.157. The summed E-state index contributed by atoms with van der Waals surface area (Å²) in [7, 11) is 0. The van der Waals surface area contributed by atoms with Gasteiger partial charge in [0, 0.05) is 38.7 Å². The van der Waals surface area contributed by atoms with Crippen LogP contribution in [0.1, 0.15) is 47.2 Å². The minimum atomic E-state index is -0.674. The number of furan rings is 1. The molecule has 0 atom stereocenters. The van der Waals surface area contributed by atoms with E-state index >= 15 is 0 Å². The second-order valence-electron chi connectivity index (χ2n) is 16.8. The van der Waals surface area contributed by atoms with Gasteiger partial charge in [-0.3, -0.25) is 0 Å². The molecular formula is C58H41NO. The summed E-state index contributed by atoms with van der Waals surface area (Å²) < 4.78 is 7.11. The predicted octanol–water partition coefficient (Wildman–Crippen LogP) is 15.4. The first-order valence-corrected chi connectivity index (χ1v) is 20.9. The second kappa shape index (κ2) is 13.0. The lowest BCUT2D eigenvalue weighted by atomic mass is 9.67. The number of hydrogen-bond donors (Lipinski definition) is 0. The third kappa shape index (κ3) is 4.82. The molecule has 284 valence electrons. The Morgan fingerprint density at radius 1 is 0.400 bits per heavy atom. The zero-order chi connectivity index (χ0) is 40.0. The zero-order valence-corrected chi connectivity index (χ0v) is 33.6. The van der Waals surface area contributed by atoms with Crippen molar-refractivity contribution in [2.24, 2.45) is 0 Å². The molecule has 60 heavy (non-hydrogen) atoms. The fourth-order valence-corrected chi connectivity index (χ4v) is 10.7. The van der Waals surface area contributed by atoms with Crippen molar-refractivity contribution in [2.45, 2.75) is 24.7 Å². The summed E-state index contributed by atoms with van der Waals surface area (Å²) in [4.78, 5) is 2.50. The average molecular weight is 768 g/mol. The van der Waals surface area contributed by atoms with Crippen molar-refractivity contribution < 1.29 is 4.42 Å². The van der Waals surface area contributed by atoms with Gasteiger partial charge < -0.3 is 9.32 Å². The highest BCUT2D eigenvalue weighted by atomic mass is 16.3. The van der Waals surface area contributed by atoms with Crippen molar-refractivity contribution in [1.29, 1.82) is 0 Å². The molecule has 0 fully saturated rings. The molecule has 1 aromatic heterocycles. The Hall–Kier alpha value is -7.42. The molecule has 2 aliphatic carbocycles. The first kappa shape index (κ1) is 34.6. The highest BCUT2D eigenvalue weighted by molar-refractivity contribution is 6.10. The molecule has 2 aliphatic rings. The molecule has 0 unspecified atom stereocenters. The number of fused-ring (bicyclic) bond motifs is 9. The first-order chi connectivity index (χ1) is 29.5. The number of nitrogens with zero attached hydrogens (tertiary/aromatic N) is 1. The van der Waals surface area contributed by atoms with Crippen LogP contribution in [0.3, 0.4) is 0 Å². The Bertz CT molecular complexity index is 3240. The summed E-state index contributed by atoms with van der Waals surface area (Å²) in [5.41, 5.74) is 19.2. The van der Waals surface area contributed by atoms with E-state index in [0.717, 1.165) is 44.6 Å². The molecule has 12 rings (SSSR count). The fraction of sp³-hybridized carbons (Fsp3) is 0.0690. The monoisotopic (exact) mass is 767 g/mol. The normalized spacial score (nSPS) is 14.1. The van der Waals surface area contributed by atoms with Crippen LogP contribution in [0.4, 0.5) is 17.1 Å².